The zero-order chi connectivity index (χ0) is 9.84. The molecule has 0 spiro atoms. The van der Waals surface area contributed by atoms with Crippen LogP contribution >= 0.6 is 0 Å². The number of anilines is 2. The zero-order valence-corrected chi connectivity index (χ0v) is 7.37. The monoisotopic (exact) mass is 182 g/mol. The molecule has 0 atom stereocenters. The lowest BCUT2D eigenvalue weighted by atomic mass is 10.4. The predicted molar refractivity (Wildman–Crippen MR) is 50.0 cm³/mol. The van der Waals surface area contributed by atoms with Crippen LogP contribution in [0, 0.1) is 10.1 Å². The van der Waals surface area contributed by atoms with E-state index in [1.54, 1.807) is 14.1 Å². The Morgan fingerprint density at radius 1 is 1.31 bits per heavy atom. The average molecular weight is 182 g/mol. The summed E-state index contributed by atoms with van der Waals surface area (Å²) >= 11 is 0. The van der Waals surface area contributed by atoms with E-state index in [2.05, 4.69) is 15.6 Å². The van der Waals surface area contributed by atoms with E-state index in [0.717, 1.165) is 0 Å². The Bertz CT molecular complexity index is 304. The first-order valence-electron chi connectivity index (χ1n) is 3.69. The number of hydrogen-bond donors (Lipinski definition) is 2. The Hall–Kier alpha value is -1.85. The van der Waals surface area contributed by atoms with Crippen molar-refractivity contribution in [1.82, 2.24) is 4.98 Å². The van der Waals surface area contributed by atoms with Gasteiger partial charge in [-0.1, -0.05) is 0 Å². The van der Waals surface area contributed by atoms with Gasteiger partial charge in [0.15, 0.2) is 0 Å². The summed E-state index contributed by atoms with van der Waals surface area (Å²) in [4.78, 5) is 14.0. The highest BCUT2D eigenvalue weighted by Gasteiger charge is 2.09. The van der Waals surface area contributed by atoms with Crippen molar-refractivity contribution in [3.05, 3.63) is 22.2 Å². The number of nitrogens with zero attached hydrogens (tertiary/aromatic N) is 2. The molecule has 6 nitrogen and oxygen atoms in total. The summed E-state index contributed by atoms with van der Waals surface area (Å²) in [7, 11) is 3.32. The highest BCUT2D eigenvalue weighted by Crippen LogP contribution is 2.19. The first kappa shape index (κ1) is 9.24. The molecule has 0 aliphatic heterocycles. The Morgan fingerprint density at radius 3 is 2.08 bits per heavy atom. The maximum Gasteiger partial charge on any atom is 0.276 e. The molecule has 0 fully saturated rings. The smallest absolute Gasteiger partial charge is 0.276 e. The van der Waals surface area contributed by atoms with Crippen LogP contribution in [0.1, 0.15) is 0 Å². The fourth-order valence-electron chi connectivity index (χ4n) is 0.878. The lowest BCUT2D eigenvalue weighted by Gasteiger charge is -2.02. The molecule has 0 amide bonds. The molecule has 0 aromatic carbocycles. The van der Waals surface area contributed by atoms with E-state index >= 15 is 0 Å². The molecule has 1 aromatic heterocycles. The van der Waals surface area contributed by atoms with E-state index in [-0.39, 0.29) is 5.69 Å². The summed E-state index contributed by atoms with van der Waals surface area (Å²) < 4.78 is 0. The molecular weight excluding hydrogens is 172 g/mol. The molecule has 1 aromatic rings. The molecule has 0 saturated heterocycles. The minimum absolute atomic E-state index is 0.0173. The van der Waals surface area contributed by atoms with Crippen LogP contribution in [-0.2, 0) is 0 Å². The molecule has 6 heteroatoms. The Balaban J connectivity index is 3.14. The highest BCUT2D eigenvalue weighted by atomic mass is 16.6. The van der Waals surface area contributed by atoms with Gasteiger partial charge in [-0.2, -0.15) is 0 Å². The van der Waals surface area contributed by atoms with Crippen molar-refractivity contribution >= 4 is 17.3 Å². The van der Waals surface area contributed by atoms with E-state index in [4.69, 9.17) is 0 Å². The number of rotatable bonds is 3. The summed E-state index contributed by atoms with van der Waals surface area (Å²) in [6.45, 7) is 0. The molecular formula is C7H10N4O2. The van der Waals surface area contributed by atoms with Gasteiger partial charge in [-0.25, -0.2) is 4.98 Å². The lowest BCUT2D eigenvalue weighted by molar-refractivity contribution is -0.384. The summed E-state index contributed by atoms with van der Waals surface area (Å²) in [6.07, 6.45) is 0. The summed E-state index contributed by atoms with van der Waals surface area (Å²) in [6, 6.07) is 2.75. The van der Waals surface area contributed by atoms with E-state index in [1.165, 1.54) is 12.1 Å². The van der Waals surface area contributed by atoms with Crippen LogP contribution < -0.4 is 10.6 Å². The van der Waals surface area contributed by atoms with Crippen LogP contribution in [0.25, 0.3) is 0 Å². The van der Waals surface area contributed by atoms with Gasteiger partial charge in [0.25, 0.3) is 5.69 Å². The van der Waals surface area contributed by atoms with Gasteiger partial charge in [-0.05, 0) is 0 Å². The van der Waals surface area contributed by atoms with Gasteiger partial charge < -0.3 is 10.6 Å². The van der Waals surface area contributed by atoms with Gasteiger partial charge in [-0.3, -0.25) is 10.1 Å². The van der Waals surface area contributed by atoms with Gasteiger partial charge in [0.2, 0.25) is 0 Å². The van der Waals surface area contributed by atoms with E-state index in [0.29, 0.717) is 11.6 Å². The van der Waals surface area contributed by atoms with Gasteiger partial charge in [0.1, 0.15) is 11.6 Å². The van der Waals surface area contributed by atoms with Crippen molar-refractivity contribution in [1.29, 1.82) is 0 Å². The minimum Gasteiger partial charge on any atom is -0.373 e. The van der Waals surface area contributed by atoms with Crippen molar-refractivity contribution in [2.75, 3.05) is 24.7 Å². The highest BCUT2D eigenvalue weighted by molar-refractivity contribution is 5.54. The number of nitrogens with one attached hydrogen (secondary N) is 2. The summed E-state index contributed by atoms with van der Waals surface area (Å²) in [5.74, 6) is 0.942. The van der Waals surface area contributed by atoms with Crippen molar-refractivity contribution < 1.29 is 4.92 Å². The zero-order valence-electron chi connectivity index (χ0n) is 7.37. The maximum atomic E-state index is 10.5. The topological polar surface area (TPSA) is 80.1 Å². The number of aromatic nitrogens is 1. The summed E-state index contributed by atoms with van der Waals surface area (Å²) in [5, 5.41) is 15.9. The number of hydrogen-bond acceptors (Lipinski definition) is 5. The Morgan fingerprint density at radius 2 is 1.77 bits per heavy atom. The third-order valence-electron chi connectivity index (χ3n) is 1.53. The molecule has 0 unspecified atom stereocenters. The Kier molecular flexibility index (Phi) is 2.63. The van der Waals surface area contributed by atoms with E-state index < -0.39 is 4.92 Å². The quantitative estimate of drug-likeness (QED) is 0.540. The second-order valence-electron chi connectivity index (χ2n) is 2.35. The molecule has 2 N–H and O–H groups in total. The lowest BCUT2D eigenvalue weighted by Crippen LogP contribution is -1.99. The van der Waals surface area contributed by atoms with Crippen molar-refractivity contribution in [3.8, 4) is 0 Å². The van der Waals surface area contributed by atoms with Crippen LogP contribution in [0.4, 0.5) is 17.3 Å². The van der Waals surface area contributed by atoms with Crippen molar-refractivity contribution in [2.24, 2.45) is 0 Å². The first-order chi connectivity index (χ1) is 6.17. The van der Waals surface area contributed by atoms with Crippen LogP contribution in [0.3, 0.4) is 0 Å². The van der Waals surface area contributed by atoms with Gasteiger partial charge in [0.05, 0.1) is 17.1 Å². The van der Waals surface area contributed by atoms with Crippen molar-refractivity contribution in [3.63, 3.8) is 0 Å². The van der Waals surface area contributed by atoms with Gasteiger partial charge in [0, 0.05) is 14.1 Å². The first-order valence-corrected chi connectivity index (χ1v) is 3.69. The average Bonchev–Trinajstić information content (AvgIpc) is 2.16. The fraction of sp³-hybridized carbons (Fsp3) is 0.286. The summed E-state index contributed by atoms with van der Waals surface area (Å²) in [5.41, 5.74) is 0.0173. The predicted octanol–water partition coefficient (Wildman–Crippen LogP) is 1.07. The second kappa shape index (κ2) is 3.70. The molecule has 1 heterocycles. The second-order valence-corrected chi connectivity index (χ2v) is 2.35. The van der Waals surface area contributed by atoms with Gasteiger partial charge >= 0.3 is 0 Å². The van der Waals surface area contributed by atoms with Gasteiger partial charge in [-0.15, -0.1) is 0 Å². The molecule has 0 aliphatic rings. The molecule has 0 aliphatic carbocycles. The van der Waals surface area contributed by atoms with E-state index in [1.807, 2.05) is 0 Å². The van der Waals surface area contributed by atoms with Crippen LogP contribution in [0.2, 0.25) is 0 Å². The standard InChI is InChI=1S/C7H10N4O2/c1-8-6-3-5(11(12)13)4-7(9-2)10-6/h3-4H,1-2H3,(H2,8,9,10). The number of nitro groups is 1. The largest absolute Gasteiger partial charge is 0.373 e. The van der Waals surface area contributed by atoms with Crippen LogP contribution in [-0.4, -0.2) is 24.0 Å². The molecule has 0 saturated carbocycles. The maximum absolute atomic E-state index is 10.5. The SMILES string of the molecule is CNc1cc([N+](=O)[O-])cc(NC)n1. The third-order valence-corrected chi connectivity index (χ3v) is 1.53. The molecule has 0 radical (unpaired) electrons. The third kappa shape index (κ3) is 2.05. The minimum atomic E-state index is -0.455. The molecule has 0 bridgehead atoms. The molecule has 70 valence electrons. The fourth-order valence-corrected chi connectivity index (χ4v) is 0.878. The number of pyridine rings is 1. The molecule has 1 rings (SSSR count). The van der Waals surface area contributed by atoms with Crippen molar-refractivity contribution in [2.45, 2.75) is 0 Å². The van der Waals surface area contributed by atoms with Crippen LogP contribution in [0.15, 0.2) is 12.1 Å². The van der Waals surface area contributed by atoms with E-state index in [9.17, 15) is 10.1 Å². The van der Waals surface area contributed by atoms with Crippen LogP contribution in [0.5, 0.6) is 0 Å². The Labute approximate surface area is 75.1 Å². The molecule has 13 heavy (non-hydrogen) atoms. The normalized spacial score (nSPS) is 9.38.